The maximum Gasteiger partial charge on any atom is 0.0225 e. The minimum absolute atomic E-state index is 0.839. The molecule has 2 aliphatic carbocycles. The molecule has 1 aromatic carbocycles. The second kappa shape index (κ2) is 4.91. The topological polar surface area (TPSA) is 0 Å². The molecule has 0 unspecified atom stereocenters. The maximum atomic E-state index is 6.14. The predicted octanol–water partition coefficient (Wildman–Crippen LogP) is 5.36. The van der Waals surface area contributed by atoms with E-state index in [1.165, 1.54) is 27.8 Å². The van der Waals surface area contributed by atoms with Gasteiger partial charge in [-0.2, -0.15) is 0 Å². The van der Waals surface area contributed by atoms with Crippen LogP contribution in [0.15, 0.2) is 63.7 Å². The number of benzene rings is 1. The number of fused-ring (bicyclic) bond motifs is 2. The molecule has 0 atom stereocenters. The average molecular weight is 320 g/mol. The first-order chi connectivity index (χ1) is 8.79. The summed E-state index contributed by atoms with van der Waals surface area (Å²) in [7, 11) is 0. The maximum absolute atomic E-state index is 6.14. The van der Waals surface area contributed by atoms with Gasteiger partial charge >= 0.3 is 0 Å². The highest BCUT2D eigenvalue weighted by molar-refractivity contribution is 9.11. The van der Waals surface area contributed by atoms with Crippen molar-refractivity contribution in [3.63, 3.8) is 0 Å². The third kappa shape index (κ3) is 2.02. The molecule has 0 N–H and O–H groups in total. The van der Waals surface area contributed by atoms with E-state index in [4.69, 9.17) is 11.6 Å². The van der Waals surface area contributed by atoms with Gasteiger partial charge in [0.25, 0.3) is 0 Å². The van der Waals surface area contributed by atoms with Crippen LogP contribution in [-0.2, 0) is 6.42 Å². The molecule has 0 heterocycles. The Morgan fingerprint density at radius 1 is 1.17 bits per heavy atom. The molecule has 0 bridgehead atoms. The Morgan fingerprint density at radius 2 is 2.00 bits per heavy atom. The molecule has 90 valence electrons. The first-order valence-corrected chi connectivity index (χ1v) is 7.24. The molecule has 18 heavy (non-hydrogen) atoms. The van der Waals surface area contributed by atoms with Crippen molar-refractivity contribution < 1.29 is 0 Å². The summed E-state index contributed by atoms with van der Waals surface area (Å²) in [5, 5.41) is 0.907. The van der Waals surface area contributed by atoms with Gasteiger partial charge in [-0.1, -0.05) is 63.9 Å². The van der Waals surface area contributed by atoms with E-state index in [-0.39, 0.29) is 0 Å². The molecule has 0 spiro atoms. The van der Waals surface area contributed by atoms with E-state index < -0.39 is 0 Å². The molecule has 0 aliphatic heterocycles. The fraction of sp³-hybridized carbons (Fsp3) is 0.125. The molecule has 2 heteroatoms. The Bertz CT molecular complexity index is 618. The molecule has 0 saturated carbocycles. The van der Waals surface area contributed by atoms with Crippen molar-refractivity contribution in [2.45, 2.75) is 12.8 Å². The minimum Gasteiger partial charge on any atom is -0.0888 e. The third-order valence-corrected chi connectivity index (χ3v) is 4.13. The summed E-state index contributed by atoms with van der Waals surface area (Å²) in [6.07, 6.45) is 8.22. The van der Waals surface area contributed by atoms with Crippen LogP contribution >= 0.6 is 27.5 Å². The van der Waals surface area contributed by atoms with Crippen LogP contribution in [0.5, 0.6) is 0 Å². The van der Waals surface area contributed by atoms with Crippen LogP contribution in [0.1, 0.15) is 17.5 Å². The second-order valence-electron chi connectivity index (χ2n) is 4.48. The number of allylic oxidation sites excluding steroid dienone is 7. The highest BCUT2D eigenvalue weighted by Crippen LogP contribution is 2.40. The first-order valence-electron chi connectivity index (χ1n) is 5.94. The van der Waals surface area contributed by atoms with Gasteiger partial charge in [-0.15, -0.1) is 0 Å². The monoisotopic (exact) mass is 318 g/mol. The SMILES string of the molecule is ClC1=CC=C2C(=CCc3ccccc3C2=CBr)C1. The quantitative estimate of drug-likeness (QED) is 0.604. The van der Waals surface area contributed by atoms with Crippen LogP contribution in [0.3, 0.4) is 0 Å². The van der Waals surface area contributed by atoms with Gasteiger partial charge in [-0.3, -0.25) is 0 Å². The highest BCUT2D eigenvalue weighted by atomic mass is 79.9. The lowest BCUT2D eigenvalue weighted by Crippen LogP contribution is -1.97. The van der Waals surface area contributed by atoms with E-state index in [0.717, 1.165) is 17.9 Å². The summed E-state index contributed by atoms with van der Waals surface area (Å²) in [5.41, 5.74) is 6.51. The largest absolute Gasteiger partial charge is 0.0888 e. The Hall–Kier alpha value is -1.05. The lowest BCUT2D eigenvalue weighted by Gasteiger charge is -2.17. The Morgan fingerprint density at radius 3 is 2.83 bits per heavy atom. The van der Waals surface area contributed by atoms with Gasteiger partial charge in [-0.25, -0.2) is 0 Å². The fourth-order valence-corrected chi connectivity index (χ4v) is 3.22. The van der Waals surface area contributed by atoms with Crippen molar-refractivity contribution in [3.05, 3.63) is 74.8 Å². The molecule has 1 aromatic rings. The minimum atomic E-state index is 0.839. The summed E-state index contributed by atoms with van der Waals surface area (Å²) in [6.45, 7) is 0. The molecule has 2 aliphatic rings. The lowest BCUT2D eigenvalue weighted by molar-refractivity contribution is 1.16. The van der Waals surface area contributed by atoms with Crippen molar-refractivity contribution in [2.75, 3.05) is 0 Å². The lowest BCUT2D eigenvalue weighted by atomic mass is 9.90. The van der Waals surface area contributed by atoms with Crippen LogP contribution in [0, 0.1) is 0 Å². The van der Waals surface area contributed by atoms with E-state index in [2.05, 4.69) is 52.3 Å². The molecule has 0 amide bonds. The number of rotatable bonds is 0. The molecule has 0 aromatic heterocycles. The zero-order valence-corrected chi connectivity index (χ0v) is 12.1. The van der Waals surface area contributed by atoms with Crippen LogP contribution in [0.4, 0.5) is 0 Å². The Labute approximate surface area is 120 Å². The number of hydrogen-bond acceptors (Lipinski definition) is 0. The van der Waals surface area contributed by atoms with E-state index in [1.54, 1.807) is 0 Å². The van der Waals surface area contributed by atoms with Crippen molar-refractivity contribution in [1.82, 2.24) is 0 Å². The van der Waals surface area contributed by atoms with Crippen LogP contribution in [0.25, 0.3) is 5.57 Å². The molecular formula is C16H12BrCl. The molecule has 0 radical (unpaired) electrons. The number of hydrogen-bond donors (Lipinski definition) is 0. The van der Waals surface area contributed by atoms with Crippen LogP contribution in [0.2, 0.25) is 0 Å². The fourth-order valence-electron chi connectivity index (χ4n) is 2.52. The van der Waals surface area contributed by atoms with Gasteiger partial charge in [0, 0.05) is 11.5 Å². The summed E-state index contributed by atoms with van der Waals surface area (Å²) < 4.78 is 0. The first kappa shape index (κ1) is 12.0. The van der Waals surface area contributed by atoms with Gasteiger partial charge in [0.05, 0.1) is 0 Å². The molecular weight excluding hydrogens is 308 g/mol. The van der Waals surface area contributed by atoms with E-state index in [1.807, 2.05) is 11.1 Å². The summed E-state index contributed by atoms with van der Waals surface area (Å²) >= 11 is 9.65. The summed E-state index contributed by atoms with van der Waals surface area (Å²) in [5.74, 6) is 0. The third-order valence-electron chi connectivity index (χ3n) is 3.41. The Balaban J connectivity index is 2.21. The smallest absolute Gasteiger partial charge is 0.0225 e. The Kier molecular flexibility index (Phi) is 3.27. The van der Waals surface area contributed by atoms with Gasteiger partial charge in [0.1, 0.15) is 0 Å². The van der Waals surface area contributed by atoms with Crippen molar-refractivity contribution in [2.24, 2.45) is 0 Å². The summed E-state index contributed by atoms with van der Waals surface area (Å²) in [6, 6.07) is 8.56. The van der Waals surface area contributed by atoms with Crippen molar-refractivity contribution >= 4 is 33.1 Å². The molecule has 0 nitrogen and oxygen atoms in total. The van der Waals surface area contributed by atoms with Crippen LogP contribution < -0.4 is 0 Å². The predicted molar refractivity (Wildman–Crippen MR) is 81.8 cm³/mol. The molecule has 3 rings (SSSR count). The zero-order chi connectivity index (χ0) is 12.5. The van der Waals surface area contributed by atoms with Gasteiger partial charge in [0.2, 0.25) is 0 Å². The van der Waals surface area contributed by atoms with Crippen LogP contribution in [-0.4, -0.2) is 0 Å². The second-order valence-corrected chi connectivity index (χ2v) is 5.43. The average Bonchev–Trinajstić information content (AvgIpc) is 2.55. The zero-order valence-electron chi connectivity index (χ0n) is 9.79. The normalized spacial score (nSPS) is 20.3. The van der Waals surface area contributed by atoms with Gasteiger partial charge < -0.3 is 0 Å². The van der Waals surface area contributed by atoms with Crippen molar-refractivity contribution in [3.8, 4) is 0 Å². The summed E-state index contributed by atoms with van der Waals surface area (Å²) in [4.78, 5) is 2.02. The molecule has 0 saturated heterocycles. The standard InChI is InChI=1S/C16H12BrCl/c17-10-16-14-4-2-1-3-11(14)5-6-12-9-13(18)7-8-15(12)16/h1-4,6-8,10H,5,9H2. The molecule has 0 fully saturated rings. The van der Waals surface area contributed by atoms with Gasteiger partial charge in [0.15, 0.2) is 0 Å². The van der Waals surface area contributed by atoms with E-state index in [9.17, 15) is 0 Å². The highest BCUT2D eigenvalue weighted by Gasteiger charge is 2.20. The van der Waals surface area contributed by atoms with Crippen molar-refractivity contribution in [1.29, 1.82) is 0 Å². The van der Waals surface area contributed by atoms with E-state index in [0.29, 0.717) is 0 Å². The number of halogens is 2. The van der Waals surface area contributed by atoms with E-state index >= 15 is 0 Å². The van der Waals surface area contributed by atoms with Gasteiger partial charge in [-0.05, 0) is 45.3 Å².